The predicted octanol–water partition coefficient (Wildman–Crippen LogP) is 3.27. The van der Waals surface area contributed by atoms with Crippen LogP contribution < -0.4 is 5.73 Å². The van der Waals surface area contributed by atoms with E-state index in [1.54, 1.807) is 18.2 Å². The molecule has 15 heavy (non-hydrogen) atoms. The van der Waals surface area contributed by atoms with Gasteiger partial charge in [0.15, 0.2) is 0 Å². The first-order chi connectivity index (χ1) is 6.87. The average molecular weight is 282 g/mol. The molecule has 0 saturated heterocycles. The molecule has 0 aliphatic heterocycles. The van der Waals surface area contributed by atoms with Crippen molar-refractivity contribution in [2.24, 2.45) is 5.73 Å². The highest BCUT2D eigenvalue weighted by molar-refractivity contribution is 9.10. The molecule has 84 valence electrons. The molecule has 0 aromatic heterocycles. The van der Waals surface area contributed by atoms with Crippen molar-refractivity contribution in [1.82, 2.24) is 0 Å². The van der Waals surface area contributed by atoms with E-state index < -0.39 is 18.6 Å². The summed E-state index contributed by atoms with van der Waals surface area (Å²) in [6.45, 7) is 0. The lowest BCUT2D eigenvalue weighted by molar-refractivity contribution is -0.138. The van der Waals surface area contributed by atoms with E-state index >= 15 is 0 Å². The van der Waals surface area contributed by atoms with Crippen LogP contribution >= 0.6 is 15.9 Å². The SMILES string of the molecule is N[C@H](Cc1cccc(Br)c1)CC(F)(F)F. The summed E-state index contributed by atoms with van der Waals surface area (Å²) in [5.41, 5.74) is 6.21. The molecule has 0 saturated carbocycles. The maximum atomic E-state index is 12.0. The summed E-state index contributed by atoms with van der Waals surface area (Å²) in [5, 5.41) is 0. The van der Waals surface area contributed by atoms with Gasteiger partial charge in [-0.2, -0.15) is 13.2 Å². The molecule has 0 fully saturated rings. The first-order valence-electron chi connectivity index (χ1n) is 4.43. The Labute approximate surface area is 94.6 Å². The van der Waals surface area contributed by atoms with E-state index in [0.29, 0.717) is 0 Å². The molecule has 0 radical (unpaired) electrons. The van der Waals surface area contributed by atoms with Crippen molar-refractivity contribution in [2.75, 3.05) is 0 Å². The van der Waals surface area contributed by atoms with Gasteiger partial charge in [0.2, 0.25) is 0 Å². The third-order valence-corrected chi connectivity index (χ3v) is 2.37. The van der Waals surface area contributed by atoms with Crippen LogP contribution in [0, 0.1) is 0 Å². The molecule has 0 aliphatic carbocycles. The van der Waals surface area contributed by atoms with Gasteiger partial charge < -0.3 is 5.73 Å². The topological polar surface area (TPSA) is 26.0 Å². The van der Waals surface area contributed by atoms with Crippen molar-refractivity contribution < 1.29 is 13.2 Å². The van der Waals surface area contributed by atoms with Crippen LogP contribution in [0.4, 0.5) is 13.2 Å². The zero-order valence-electron chi connectivity index (χ0n) is 7.89. The molecule has 0 bridgehead atoms. The highest BCUT2D eigenvalue weighted by Crippen LogP contribution is 2.22. The van der Waals surface area contributed by atoms with Gasteiger partial charge in [0.25, 0.3) is 0 Å². The Hall–Kier alpha value is -0.550. The molecule has 0 spiro atoms. The number of hydrogen-bond donors (Lipinski definition) is 1. The third-order valence-electron chi connectivity index (χ3n) is 1.88. The molecule has 2 N–H and O–H groups in total. The molecule has 1 atom stereocenters. The summed E-state index contributed by atoms with van der Waals surface area (Å²) in [6, 6.07) is 6.26. The van der Waals surface area contributed by atoms with Crippen molar-refractivity contribution in [1.29, 1.82) is 0 Å². The summed E-state index contributed by atoms with van der Waals surface area (Å²) in [7, 11) is 0. The van der Waals surface area contributed by atoms with E-state index in [-0.39, 0.29) is 6.42 Å². The van der Waals surface area contributed by atoms with Gasteiger partial charge in [-0.25, -0.2) is 0 Å². The Kier molecular flexibility index (Phi) is 4.16. The number of nitrogens with two attached hydrogens (primary N) is 1. The molecule has 0 amide bonds. The standard InChI is InChI=1S/C10H11BrF3N/c11-8-3-1-2-7(4-8)5-9(15)6-10(12,13)14/h1-4,9H,5-6,15H2/t9-/m1/s1. The van der Waals surface area contributed by atoms with Gasteiger partial charge in [-0.05, 0) is 24.1 Å². The zero-order valence-corrected chi connectivity index (χ0v) is 9.48. The maximum absolute atomic E-state index is 12.0. The fraction of sp³-hybridized carbons (Fsp3) is 0.400. The quantitative estimate of drug-likeness (QED) is 0.904. The van der Waals surface area contributed by atoms with Crippen LogP contribution in [0.5, 0.6) is 0 Å². The molecule has 1 aromatic rings. The van der Waals surface area contributed by atoms with E-state index in [9.17, 15) is 13.2 Å². The second-order valence-corrected chi connectivity index (χ2v) is 4.33. The van der Waals surface area contributed by atoms with Gasteiger partial charge in [-0.1, -0.05) is 28.1 Å². The second kappa shape index (κ2) is 4.99. The van der Waals surface area contributed by atoms with E-state index in [4.69, 9.17) is 5.73 Å². The highest BCUT2D eigenvalue weighted by Gasteiger charge is 2.30. The number of hydrogen-bond acceptors (Lipinski definition) is 1. The number of alkyl halides is 3. The van der Waals surface area contributed by atoms with E-state index in [0.717, 1.165) is 10.0 Å². The molecule has 0 aliphatic rings. The normalized spacial score (nSPS) is 13.9. The van der Waals surface area contributed by atoms with Crippen molar-refractivity contribution in [3.63, 3.8) is 0 Å². The van der Waals surface area contributed by atoms with Gasteiger partial charge in [-0.3, -0.25) is 0 Å². The van der Waals surface area contributed by atoms with Crippen molar-refractivity contribution in [3.05, 3.63) is 34.3 Å². The van der Waals surface area contributed by atoms with Gasteiger partial charge >= 0.3 is 6.18 Å². The maximum Gasteiger partial charge on any atom is 0.390 e. The summed E-state index contributed by atoms with van der Waals surface area (Å²) >= 11 is 3.25. The molecule has 1 aromatic carbocycles. The van der Waals surface area contributed by atoms with Crippen LogP contribution in [0.15, 0.2) is 28.7 Å². The monoisotopic (exact) mass is 281 g/mol. The van der Waals surface area contributed by atoms with Crippen molar-refractivity contribution >= 4 is 15.9 Å². The molecule has 0 heterocycles. The minimum absolute atomic E-state index is 0.235. The highest BCUT2D eigenvalue weighted by atomic mass is 79.9. The van der Waals surface area contributed by atoms with Gasteiger partial charge in [0, 0.05) is 10.5 Å². The minimum atomic E-state index is -4.19. The smallest absolute Gasteiger partial charge is 0.327 e. The Morgan fingerprint density at radius 1 is 1.33 bits per heavy atom. The lowest BCUT2D eigenvalue weighted by Crippen LogP contribution is -2.29. The Morgan fingerprint density at radius 3 is 2.53 bits per heavy atom. The van der Waals surface area contributed by atoms with Crippen LogP contribution in [0.1, 0.15) is 12.0 Å². The number of benzene rings is 1. The summed E-state index contributed by atoms with van der Waals surface area (Å²) in [5.74, 6) is 0. The van der Waals surface area contributed by atoms with Crippen LogP contribution in [0.25, 0.3) is 0 Å². The van der Waals surface area contributed by atoms with Crippen molar-refractivity contribution in [3.8, 4) is 0 Å². The van der Waals surface area contributed by atoms with Crippen LogP contribution in [-0.4, -0.2) is 12.2 Å². The fourth-order valence-electron chi connectivity index (χ4n) is 1.34. The molecule has 1 nitrogen and oxygen atoms in total. The molecule has 5 heteroatoms. The third kappa shape index (κ3) is 5.18. The molecule has 1 rings (SSSR count). The fourth-order valence-corrected chi connectivity index (χ4v) is 1.78. The van der Waals surface area contributed by atoms with E-state index in [1.165, 1.54) is 0 Å². The van der Waals surface area contributed by atoms with Crippen LogP contribution in [0.3, 0.4) is 0 Å². The molecular formula is C10H11BrF3N. The van der Waals surface area contributed by atoms with Crippen LogP contribution in [0.2, 0.25) is 0 Å². The first kappa shape index (κ1) is 12.5. The average Bonchev–Trinajstić information content (AvgIpc) is 1.99. The molecule has 0 unspecified atom stereocenters. The summed E-state index contributed by atoms with van der Waals surface area (Å²) < 4.78 is 36.8. The zero-order chi connectivity index (χ0) is 11.5. The van der Waals surface area contributed by atoms with Gasteiger partial charge in [-0.15, -0.1) is 0 Å². The minimum Gasteiger partial charge on any atom is -0.327 e. The Bertz CT molecular complexity index is 325. The van der Waals surface area contributed by atoms with Gasteiger partial charge in [0.05, 0.1) is 6.42 Å². The Morgan fingerprint density at radius 2 is 2.00 bits per heavy atom. The van der Waals surface area contributed by atoms with E-state index in [1.807, 2.05) is 6.07 Å². The van der Waals surface area contributed by atoms with Crippen molar-refractivity contribution in [2.45, 2.75) is 25.1 Å². The Balaban J connectivity index is 2.55. The summed E-state index contributed by atoms with van der Waals surface area (Å²) in [6.07, 6.45) is -4.90. The lowest BCUT2D eigenvalue weighted by atomic mass is 10.0. The lowest BCUT2D eigenvalue weighted by Gasteiger charge is -2.14. The number of halogens is 4. The largest absolute Gasteiger partial charge is 0.390 e. The second-order valence-electron chi connectivity index (χ2n) is 3.41. The first-order valence-corrected chi connectivity index (χ1v) is 5.23. The molecular weight excluding hydrogens is 271 g/mol. The summed E-state index contributed by atoms with van der Waals surface area (Å²) in [4.78, 5) is 0. The van der Waals surface area contributed by atoms with Crippen LogP contribution in [-0.2, 0) is 6.42 Å². The number of rotatable bonds is 3. The van der Waals surface area contributed by atoms with Gasteiger partial charge in [0.1, 0.15) is 0 Å². The predicted molar refractivity (Wildman–Crippen MR) is 56.5 cm³/mol. The van der Waals surface area contributed by atoms with E-state index in [2.05, 4.69) is 15.9 Å².